The molecule has 5 rings (SSSR count). The number of H-pyrrole nitrogens is 2. The van der Waals surface area contributed by atoms with Crippen LogP contribution >= 0.6 is 46.4 Å². The summed E-state index contributed by atoms with van der Waals surface area (Å²) in [5.41, 5.74) is 3.96. The molecule has 0 radical (unpaired) electrons. The lowest BCUT2D eigenvalue weighted by atomic mass is 10.0. The van der Waals surface area contributed by atoms with E-state index in [1.54, 1.807) is 42.5 Å². The van der Waals surface area contributed by atoms with Gasteiger partial charge in [-0.3, -0.25) is 4.79 Å². The highest BCUT2D eigenvalue weighted by Crippen LogP contribution is 2.33. The maximum absolute atomic E-state index is 11.9. The summed E-state index contributed by atoms with van der Waals surface area (Å²) in [6.45, 7) is 0. The smallest absolute Gasteiger partial charge is 0.270 e. The predicted molar refractivity (Wildman–Crippen MR) is 139 cm³/mol. The van der Waals surface area contributed by atoms with Crippen LogP contribution in [0.5, 0.6) is 0 Å². The van der Waals surface area contributed by atoms with Crippen LogP contribution < -0.4 is 10.7 Å². The first-order chi connectivity index (χ1) is 16.4. The molecule has 0 saturated carbocycles. The van der Waals surface area contributed by atoms with E-state index >= 15 is 0 Å². The molecule has 2 aromatic heterocycles. The normalized spacial score (nSPS) is 14.9. The van der Waals surface area contributed by atoms with E-state index in [9.17, 15) is 4.79 Å². The summed E-state index contributed by atoms with van der Waals surface area (Å²) in [4.78, 5) is 22.7. The monoisotopic (exact) mass is 525 g/mol. The summed E-state index contributed by atoms with van der Waals surface area (Å²) in [5.74, 6) is -0.344. The minimum atomic E-state index is -0.344. The minimum Gasteiger partial charge on any atom is -0.361 e. The van der Waals surface area contributed by atoms with Crippen molar-refractivity contribution in [1.82, 2.24) is 9.97 Å². The van der Waals surface area contributed by atoms with Gasteiger partial charge in [0.1, 0.15) is 0 Å². The van der Waals surface area contributed by atoms with Crippen LogP contribution in [0.25, 0.3) is 11.1 Å². The van der Waals surface area contributed by atoms with E-state index in [1.165, 1.54) is 6.08 Å². The highest BCUT2D eigenvalue weighted by molar-refractivity contribution is 6.43. The van der Waals surface area contributed by atoms with Gasteiger partial charge in [0.25, 0.3) is 5.91 Å². The Balaban J connectivity index is 1.90. The molecule has 1 amide bonds. The van der Waals surface area contributed by atoms with E-state index < -0.39 is 0 Å². The van der Waals surface area contributed by atoms with Gasteiger partial charge in [0, 0.05) is 50.9 Å². The third kappa shape index (κ3) is 4.15. The number of carbonyl (C=O) groups excluding carboxylic acids is 1. The number of benzene rings is 2. The van der Waals surface area contributed by atoms with Crippen molar-refractivity contribution in [2.75, 3.05) is 0 Å². The third-order valence-electron chi connectivity index (χ3n) is 5.39. The van der Waals surface area contributed by atoms with Crippen LogP contribution in [0, 0.1) is 0 Å². The number of aromatic amines is 2. The number of nitrogens with zero attached hydrogens (tertiary/aromatic N) is 1. The molecule has 0 saturated heterocycles. The molecule has 0 atom stereocenters. The molecule has 34 heavy (non-hydrogen) atoms. The van der Waals surface area contributed by atoms with Crippen molar-refractivity contribution in [2.24, 2.45) is 4.99 Å². The zero-order valence-electron chi connectivity index (χ0n) is 17.4. The van der Waals surface area contributed by atoms with Crippen LogP contribution in [0.4, 0.5) is 0 Å². The summed E-state index contributed by atoms with van der Waals surface area (Å²) in [6, 6.07) is 18.3. The quantitative estimate of drug-likeness (QED) is 0.339. The number of aromatic nitrogens is 2. The maximum atomic E-state index is 11.9. The first kappa shape index (κ1) is 22.8. The molecule has 0 bridgehead atoms. The van der Waals surface area contributed by atoms with Crippen molar-refractivity contribution < 1.29 is 4.79 Å². The van der Waals surface area contributed by atoms with Gasteiger partial charge in [0.05, 0.1) is 25.8 Å². The Hall–Kier alpha value is -3.02. The van der Waals surface area contributed by atoms with Crippen molar-refractivity contribution in [3.63, 3.8) is 0 Å². The number of carbonyl (C=O) groups is 1. The molecular weight excluding hydrogens is 512 g/mol. The van der Waals surface area contributed by atoms with Crippen molar-refractivity contribution in [1.29, 1.82) is 0 Å². The van der Waals surface area contributed by atoms with Crippen LogP contribution in [0.2, 0.25) is 20.1 Å². The zero-order chi connectivity index (χ0) is 23.8. The lowest BCUT2D eigenvalue weighted by molar-refractivity contribution is -0.113. The molecule has 4 nitrogen and oxygen atoms in total. The molecule has 168 valence electrons. The molecule has 2 N–H and O–H groups in total. The minimum absolute atomic E-state index is 0.344. The maximum Gasteiger partial charge on any atom is 0.270 e. The van der Waals surface area contributed by atoms with Gasteiger partial charge in [-0.15, -0.1) is 0 Å². The molecule has 8 heteroatoms. The van der Waals surface area contributed by atoms with Gasteiger partial charge < -0.3 is 9.97 Å². The average molecular weight is 527 g/mol. The van der Waals surface area contributed by atoms with Gasteiger partial charge in [0.15, 0.2) is 0 Å². The van der Waals surface area contributed by atoms with Crippen molar-refractivity contribution >= 4 is 69.2 Å². The number of nitrogens with one attached hydrogen (secondary N) is 2. The van der Waals surface area contributed by atoms with Gasteiger partial charge in [-0.25, -0.2) is 4.99 Å². The molecule has 0 fully saturated rings. The van der Waals surface area contributed by atoms with E-state index in [0.29, 0.717) is 47.9 Å². The topological polar surface area (TPSA) is 61.0 Å². The Morgan fingerprint density at radius 1 is 0.676 bits per heavy atom. The molecular formula is C26H15Cl4N3O. The molecule has 0 unspecified atom stereocenters. The fourth-order valence-electron chi connectivity index (χ4n) is 3.94. The second-order valence-corrected chi connectivity index (χ2v) is 9.11. The molecule has 1 aliphatic heterocycles. The molecule has 3 heterocycles. The highest BCUT2D eigenvalue weighted by atomic mass is 35.5. The van der Waals surface area contributed by atoms with E-state index in [-0.39, 0.29) is 5.91 Å². The van der Waals surface area contributed by atoms with Gasteiger partial charge in [-0.2, -0.15) is 0 Å². The lowest BCUT2D eigenvalue weighted by Crippen LogP contribution is -2.20. The first-order valence-electron chi connectivity index (χ1n) is 10.2. The first-order valence-corrected chi connectivity index (χ1v) is 11.7. The van der Waals surface area contributed by atoms with E-state index in [0.717, 1.165) is 16.6 Å². The number of hydrogen-bond acceptors (Lipinski definition) is 1. The molecule has 2 aromatic carbocycles. The van der Waals surface area contributed by atoms with Crippen LogP contribution in [0.3, 0.4) is 0 Å². The summed E-state index contributed by atoms with van der Waals surface area (Å²) < 4.78 is 0. The Kier molecular flexibility index (Phi) is 6.24. The molecule has 0 aliphatic carbocycles. The van der Waals surface area contributed by atoms with Crippen molar-refractivity contribution in [3.8, 4) is 0 Å². The number of hydrogen-bond donors (Lipinski definition) is 2. The highest BCUT2D eigenvalue weighted by Gasteiger charge is 2.21. The lowest BCUT2D eigenvalue weighted by Gasteiger charge is -2.11. The van der Waals surface area contributed by atoms with E-state index in [4.69, 9.17) is 46.4 Å². The number of aliphatic imine (C=N–C) groups is 1. The van der Waals surface area contributed by atoms with E-state index in [2.05, 4.69) is 15.0 Å². The number of rotatable bonds is 4. The van der Waals surface area contributed by atoms with Crippen LogP contribution in [0.15, 0.2) is 84.0 Å². The summed E-state index contributed by atoms with van der Waals surface area (Å²) in [5, 5.41) is 3.34. The largest absolute Gasteiger partial charge is 0.361 e. The Morgan fingerprint density at radius 3 is 1.74 bits per heavy atom. The Bertz CT molecular complexity index is 1570. The van der Waals surface area contributed by atoms with Crippen molar-refractivity contribution in [3.05, 3.63) is 127 Å². The predicted octanol–water partition coefficient (Wildman–Crippen LogP) is 5.94. The number of halogens is 4. The summed E-state index contributed by atoms with van der Waals surface area (Å²) in [7, 11) is 0. The van der Waals surface area contributed by atoms with Crippen molar-refractivity contribution in [2.45, 2.75) is 0 Å². The van der Waals surface area contributed by atoms with Crippen LogP contribution in [-0.4, -0.2) is 21.6 Å². The number of allylic oxidation sites excluding steroid dienone is 1. The Labute approximate surface area is 214 Å². The fourth-order valence-corrected chi connectivity index (χ4v) is 5.12. The van der Waals surface area contributed by atoms with Crippen LogP contribution in [-0.2, 0) is 4.79 Å². The van der Waals surface area contributed by atoms with Gasteiger partial charge in [0.2, 0.25) is 0 Å². The standard InChI is InChI=1S/C26H15Cl4N3O/c27-14-4-1-5-15(28)23(14)25(18-8-3-13-31-18)19-9-10-20(32-19)26(21-11-12-22(34)33-21)24-16(29)6-2-7-17(24)30/h1-13,31-32H/b25-19-,26-20+. The summed E-state index contributed by atoms with van der Waals surface area (Å²) in [6.07, 6.45) is 4.89. The fraction of sp³-hybridized carbons (Fsp3) is 0. The average Bonchev–Trinajstić information content (AvgIpc) is 3.56. The number of amides is 1. The molecule has 0 spiro atoms. The molecule has 1 aliphatic rings. The summed E-state index contributed by atoms with van der Waals surface area (Å²) >= 11 is 26.3. The second kappa shape index (κ2) is 9.32. The van der Waals surface area contributed by atoms with Crippen LogP contribution in [0.1, 0.15) is 16.8 Å². The van der Waals surface area contributed by atoms with Gasteiger partial charge in [-0.05, 0) is 54.6 Å². The zero-order valence-corrected chi connectivity index (χ0v) is 20.4. The van der Waals surface area contributed by atoms with Gasteiger partial charge >= 0.3 is 0 Å². The SMILES string of the molecule is O=C1C=CC(/C(c2c(Cl)cccc2Cl)=c2/cc/c(=C(\c3ccc[nH]3)c3c(Cl)cccc3Cl)[nH]2)=N1. The van der Waals surface area contributed by atoms with Gasteiger partial charge in [-0.1, -0.05) is 58.5 Å². The second-order valence-electron chi connectivity index (χ2n) is 7.48. The third-order valence-corrected chi connectivity index (χ3v) is 6.65. The molecule has 4 aromatic rings. The van der Waals surface area contributed by atoms with E-state index in [1.807, 2.05) is 30.5 Å². The Morgan fingerprint density at radius 2 is 1.24 bits per heavy atom.